The van der Waals surface area contributed by atoms with Crippen LogP contribution in [0.25, 0.3) is 11.1 Å². The molecule has 8 nitrogen and oxygen atoms in total. The van der Waals surface area contributed by atoms with Gasteiger partial charge in [0.15, 0.2) is 5.78 Å². The summed E-state index contributed by atoms with van der Waals surface area (Å²) in [5.41, 5.74) is 0.340. The second-order valence-electron chi connectivity index (χ2n) is 8.92. The van der Waals surface area contributed by atoms with Crippen molar-refractivity contribution in [3.63, 3.8) is 0 Å². The van der Waals surface area contributed by atoms with Crippen LogP contribution in [-0.2, 0) is 11.2 Å². The Morgan fingerprint density at radius 3 is 2.33 bits per heavy atom. The molecular weight excluding hydrogens is 539 g/mol. The van der Waals surface area contributed by atoms with Crippen LogP contribution < -0.4 is 15.6 Å². The Bertz CT molecular complexity index is 1650. The van der Waals surface area contributed by atoms with Gasteiger partial charge >= 0.3 is 5.97 Å². The van der Waals surface area contributed by atoms with Gasteiger partial charge in [0.1, 0.15) is 17.6 Å². The SMILES string of the molecule is COc1cn([C@H](Cc2ccccc2)C(=O)Nc2ccc(C(=O)O)cc2)c(=O)cc1-c1c(C(C)=O)ccc(Cl)c1F. The van der Waals surface area contributed by atoms with Crippen molar-refractivity contribution in [1.82, 2.24) is 4.57 Å². The predicted molar refractivity (Wildman–Crippen MR) is 149 cm³/mol. The van der Waals surface area contributed by atoms with Crippen LogP contribution in [0.15, 0.2) is 83.8 Å². The van der Waals surface area contributed by atoms with Crippen LogP contribution in [0, 0.1) is 5.82 Å². The highest BCUT2D eigenvalue weighted by Gasteiger charge is 2.26. The summed E-state index contributed by atoms with van der Waals surface area (Å²) in [4.78, 5) is 50.5. The van der Waals surface area contributed by atoms with E-state index in [0.717, 1.165) is 11.6 Å². The number of ether oxygens (including phenoxy) is 1. The first kappa shape index (κ1) is 28.3. The first-order valence-electron chi connectivity index (χ1n) is 12.1. The highest BCUT2D eigenvalue weighted by molar-refractivity contribution is 6.31. The monoisotopic (exact) mass is 562 g/mol. The van der Waals surface area contributed by atoms with Crippen molar-refractivity contribution >= 4 is 34.9 Å². The van der Waals surface area contributed by atoms with E-state index in [1.54, 1.807) is 24.3 Å². The maximum atomic E-state index is 15.2. The van der Waals surface area contributed by atoms with Gasteiger partial charge in [0.2, 0.25) is 5.91 Å². The fourth-order valence-electron chi connectivity index (χ4n) is 4.31. The van der Waals surface area contributed by atoms with Gasteiger partial charge in [-0.25, -0.2) is 9.18 Å². The lowest BCUT2D eigenvalue weighted by Gasteiger charge is -2.22. The smallest absolute Gasteiger partial charge is 0.335 e. The summed E-state index contributed by atoms with van der Waals surface area (Å²) < 4.78 is 21.9. The van der Waals surface area contributed by atoms with Gasteiger partial charge in [0, 0.05) is 34.9 Å². The van der Waals surface area contributed by atoms with E-state index in [9.17, 15) is 19.2 Å². The molecule has 0 saturated carbocycles. The van der Waals surface area contributed by atoms with Gasteiger partial charge in [-0.1, -0.05) is 41.9 Å². The molecule has 0 aliphatic rings. The van der Waals surface area contributed by atoms with Crippen LogP contribution in [0.3, 0.4) is 0 Å². The van der Waals surface area contributed by atoms with Gasteiger partial charge < -0.3 is 15.2 Å². The Hall–Kier alpha value is -4.76. The second-order valence-corrected chi connectivity index (χ2v) is 9.33. The number of carbonyl (C=O) groups excluding carboxylic acids is 2. The molecule has 0 aliphatic carbocycles. The van der Waals surface area contributed by atoms with E-state index >= 15 is 4.39 Å². The lowest BCUT2D eigenvalue weighted by Crippen LogP contribution is -2.34. The molecule has 40 heavy (non-hydrogen) atoms. The van der Waals surface area contributed by atoms with E-state index in [1.165, 1.54) is 61.2 Å². The number of Topliss-reactive ketones (excluding diaryl/α,β-unsaturated/α-hetero) is 1. The molecule has 0 radical (unpaired) electrons. The minimum Gasteiger partial charge on any atom is -0.495 e. The number of carboxylic acid groups (broad SMARTS) is 1. The van der Waals surface area contributed by atoms with E-state index in [1.807, 2.05) is 6.07 Å². The van der Waals surface area contributed by atoms with Crippen molar-refractivity contribution < 1.29 is 28.6 Å². The van der Waals surface area contributed by atoms with Gasteiger partial charge in [-0.3, -0.25) is 19.0 Å². The second kappa shape index (κ2) is 12.0. The van der Waals surface area contributed by atoms with Crippen molar-refractivity contribution in [3.8, 4) is 16.9 Å². The molecule has 1 heterocycles. The van der Waals surface area contributed by atoms with Crippen molar-refractivity contribution in [1.29, 1.82) is 0 Å². The van der Waals surface area contributed by atoms with Gasteiger partial charge in [-0.05, 0) is 48.9 Å². The summed E-state index contributed by atoms with van der Waals surface area (Å²) in [5.74, 6) is -2.94. The van der Waals surface area contributed by atoms with Crippen molar-refractivity contribution in [3.05, 3.63) is 117 Å². The molecule has 10 heteroatoms. The molecule has 0 aliphatic heterocycles. The summed E-state index contributed by atoms with van der Waals surface area (Å²) in [6, 6.07) is 17.3. The summed E-state index contributed by atoms with van der Waals surface area (Å²) >= 11 is 6.00. The van der Waals surface area contributed by atoms with Gasteiger partial charge in [0.05, 0.1) is 23.9 Å². The third kappa shape index (κ3) is 5.94. The molecule has 2 N–H and O–H groups in total. The molecule has 1 amide bonds. The van der Waals surface area contributed by atoms with Crippen molar-refractivity contribution in [2.24, 2.45) is 0 Å². The topological polar surface area (TPSA) is 115 Å². The number of rotatable bonds is 9. The van der Waals surface area contributed by atoms with Crippen LogP contribution in [0.4, 0.5) is 10.1 Å². The van der Waals surface area contributed by atoms with E-state index in [0.29, 0.717) is 5.69 Å². The first-order valence-corrected chi connectivity index (χ1v) is 12.5. The molecule has 4 rings (SSSR count). The number of amides is 1. The number of hydrogen-bond acceptors (Lipinski definition) is 5. The number of anilines is 1. The number of aromatic carboxylic acids is 1. The Labute approximate surface area is 233 Å². The van der Waals surface area contributed by atoms with Gasteiger partial charge in [-0.15, -0.1) is 0 Å². The third-order valence-corrected chi connectivity index (χ3v) is 6.61. The number of carboxylic acids is 1. The number of carbonyl (C=O) groups is 3. The number of aromatic nitrogens is 1. The van der Waals surface area contributed by atoms with Gasteiger partial charge in [-0.2, -0.15) is 0 Å². The lowest BCUT2D eigenvalue weighted by molar-refractivity contribution is -0.119. The minimum atomic E-state index is -1.11. The molecule has 4 aromatic rings. The number of halogens is 2. The summed E-state index contributed by atoms with van der Waals surface area (Å²) in [7, 11) is 1.32. The zero-order chi connectivity index (χ0) is 29.0. The molecule has 0 saturated heterocycles. The van der Waals surface area contributed by atoms with Gasteiger partial charge in [0.25, 0.3) is 5.56 Å². The molecule has 0 bridgehead atoms. The molecular formula is C30H24ClFN2O6. The van der Waals surface area contributed by atoms with Crippen molar-refractivity contribution in [2.45, 2.75) is 19.4 Å². The highest BCUT2D eigenvalue weighted by Crippen LogP contribution is 2.37. The zero-order valence-corrected chi connectivity index (χ0v) is 22.2. The number of pyridine rings is 1. The van der Waals surface area contributed by atoms with E-state index in [2.05, 4.69) is 5.32 Å². The Balaban J connectivity index is 1.82. The Morgan fingerprint density at radius 2 is 1.73 bits per heavy atom. The standard InChI is InChI=1S/C30H24ClFN2O6/c1-17(35)21-12-13-23(31)28(32)27(21)22-15-26(36)34(16-25(22)40-2)24(14-18-6-4-3-5-7-18)29(37)33-20-10-8-19(9-11-20)30(38)39/h3-13,15-16,24H,14H2,1-2H3,(H,33,37)(H,38,39)/t24-/m1/s1. The zero-order valence-electron chi connectivity index (χ0n) is 21.5. The number of methoxy groups -OCH3 is 1. The summed E-state index contributed by atoms with van der Waals surface area (Å²) in [6.45, 7) is 1.27. The summed E-state index contributed by atoms with van der Waals surface area (Å²) in [5, 5.41) is 11.6. The molecule has 0 spiro atoms. The Kier molecular flexibility index (Phi) is 8.45. The average Bonchev–Trinajstić information content (AvgIpc) is 2.94. The van der Waals surface area contributed by atoms with Crippen LogP contribution in [0.5, 0.6) is 5.75 Å². The van der Waals surface area contributed by atoms with Crippen LogP contribution >= 0.6 is 11.6 Å². The number of nitrogens with zero attached hydrogens (tertiary/aromatic N) is 1. The fraction of sp³-hybridized carbons (Fsp3) is 0.133. The van der Waals surface area contributed by atoms with E-state index in [4.69, 9.17) is 21.4 Å². The fourth-order valence-corrected chi connectivity index (χ4v) is 4.47. The molecule has 1 aromatic heterocycles. The quantitative estimate of drug-likeness (QED) is 0.255. The molecule has 204 valence electrons. The first-order chi connectivity index (χ1) is 19.1. The average molecular weight is 563 g/mol. The maximum absolute atomic E-state index is 15.2. The van der Waals surface area contributed by atoms with E-state index < -0.39 is 35.1 Å². The molecule has 0 fully saturated rings. The normalized spacial score (nSPS) is 11.5. The minimum absolute atomic E-state index is 0.0112. The number of nitrogens with one attached hydrogen (secondary N) is 1. The summed E-state index contributed by atoms with van der Waals surface area (Å²) in [6.07, 6.45) is 1.41. The predicted octanol–water partition coefficient (Wildman–Crippen LogP) is 5.64. The molecule has 0 unspecified atom stereocenters. The van der Waals surface area contributed by atoms with Crippen LogP contribution in [0.1, 0.15) is 39.2 Å². The largest absolute Gasteiger partial charge is 0.495 e. The molecule has 1 atom stereocenters. The molecule has 3 aromatic carbocycles. The van der Waals surface area contributed by atoms with E-state index in [-0.39, 0.29) is 39.4 Å². The van der Waals surface area contributed by atoms with Crippen molar-refractivity contribution in [2.75, 3.05) is 12.4 Å². The maximum Gasteiger partial charge on any atom is 0.335 e. The lowest BCUT2D eigenvalue weighted by atomic mass is 9.96. The van der Waals surface area contributed by atoms with Crippen LogP contribution in [0.2, 0.25) is 5.02 Å². The number of hydrogen-bond donors (Lipinski definition) is 2. The number of benzene rings is 3. The number of ketones is 1. The third-order valence-electron chi connectivity index (χ3n) is 6.32. The van der Waals surface area contributed by atoms with Crippen LogP contribution in [-0.4, -0.2) is 34.4 Å². The highest BCUT2D eigenvalue weighted by atomic mass is 35.5. The Morgan fingerprint density at radius 1 is 1.05 bits per heavy atom.